The van der Waals surface area contributed by atoms with Crippen molar-refractivity contribution >= 4 is 55.5 Å². The molecule has 0 atom stereocenters. The number of methoxy groups -OCH3 is 1. The van der Waals surface area contributed by atoms with Crippen LogP contribution in [0.25, 0.3) is 6.08 Å². The van der Waals surface area contributed by atoms with E-state index in [-0.39, 0.29) is 12.2 Å². The molecule has 0 aliphatic heterocycles. The van der Waals surface area contributed by atoms with Crippen LogP contribution in [0.3, 0.4) is 0 Å². The molecule has 0 heterocycles. The van der Waals surface area contributed by atoms with Gasteiger partial charge >= 0.3 is 5.97 Å². The highest BCUT2D eigenvalue weighted by molar-refractivity contribution is 9.11. The van der Waals surface area contributed by atoms with Crippen LogP contribution in [0, 0.1) is 23.7 Å². The molecule has 0 saturated carbocycles. The third kappa shape index (κ3) is 5.95. The van der Waals surface area contributed by atoms with Gasteiger partial charge < -0.3 is 14.8 Å². The molecule has 0 aliphatic rings. The number of nitrogens with zero attached hydrogens (tertiary/aromatic N) is 1. The van der Waals surface area contributed by atoms with Crippen molar-refractivity contribution < 1.29 is 19.1 Å². The molecule has 2 aromatic rings. The van der Waals surface area contributed by atoms with Crippen molar-refractivity contribution in [1.82, 2.24) is 0 Å². The third-order valence-corrected chi connectivity index (χ3v) is 4.74. The van der Waals surface area contributed by atoms with Gasteiger partial charge in [-0.1, -0.05) is 5.92 Å². The average Bonchev–Trinajstić information content (AvgIpc) is 2.71. The number of halogens is 2. The molecule has 0 aliphatic carbocycles. The lowest BCUT2D eigenvalue weighted by atomic mass is 10.1. The fourth-order valence-electron chi connectivity index (χ4n) is 2.24. The number of amides is 1. The van der Waals surface area contributed by atoms with Crippen molar-refractivity contribution in [2.24, 2.45) is 0 Å². The first-order valence-corrected chi connectivity index (χ1v) is 9.65. The fraction of sp³-hybridized carbons (Fsp3) is 0.0952. The van der Waals surface area contributed by atoms with E-state index in [1.807, 2.05) is 6.07 Å². The van der Waals surface area contributed by atoms with E-state index in [9.17, 15) is 14.9 Å². The minimum absolute atomic E-state index is 0.0989. The van der Waals surface area contributed by atoms with Gasteiger partial charge in [0.1, 0.15) is 24.0 Å². The molecule has 1 amide bonds. The van der Waals surface area contributed by atoms with Crippen molar-refractivity contribution in [3.8, 4) is 24.2 Å². The van der Waals surface area contributed by atoms with Gasteiger partial charge in [0, 0.05) is 5.69 Å². The zero-order valence-electron chi connectivity index (χ0n) is 15.2. The summed E-state index contributed by atoms with van der Waals surface area (Å²) in [6, 6.07) is 11.4. The second-order valence-electron chi connectivity index (χ2n) is 5.50. The Hall–Kier alpha value is -3.07. The first-order valence-electron chi connectivity index (χ1n) is 8.06. The van der Waals surface area contributed by atoms with E-state index in [1.165, 1.54) is 25.3 Å². The summed E-state index contributed by atoms with van der Waals surface area (Å²) in [5.41, 5.74) is 1.29. The summed E-state index contributed by atoms with van der Waals surface area (Å²) in [6.07, 6.45) is 6.64. The molecule has 2 rings (SSSR count). The zero-order valence-corrected chi connectivity index (χ0v) is 18.3. The number of anilines is 1. The Morgan fingerprint density at radius 2 is 1.83 bits per heavy atom. The van der Waals surface area contributed by atoms with Gasteiger partial charge in [0.25, 0.3) is 5.91 Å². The maximum Gasteiger partial charge on any atom is 0.337 e. The molecule has 29 heavy (non-hydrogen) atoms. The van der Waals surface area contributed by atoms with Crippen molar-refractivity contribution in [3.63, 3.8) is 0 Å². The number of ether oxygens (including phenoxy) is 2. The molecule has 146 valence electrons. The number of esters is 1. The van der Waals surface area contributed by atoms with E-state index in [1.54, 1.807) is 24.3 Å². The van der Waals surface area contributed by atoms with E-state index in [0.29, 0.717) is 31.5 Å². The maximum atomic E-state index is 12.4. The maximum absolute atomic E-state index is 12.4. The van der Waals surface area contributed by atoms with E-state index in [4.69, 9.17) is 11.2 Å². The predicted octanol–water partition coefficient (Wildman–Crippen LogP) is 4.56. The second kappa shape index (κ2) is 10.5. The van der Waals surface area contributed by atoms with Crippen LogP contribution >= 0.6 is 31.9 Å². The molecule has 0 unspecified atom stereocenters. The predicted molar refractivity (Wildman–Crippen MR) is 116 cm³/mol. The smallest absolute Gasteiger partial charge is 0.337 e. The summed E-state index contributed by atoms with van der Waals surface area (Å²) in [4.78, 5) is 23.9. The van der Waals surface area contributed by atoms with Gasteiger partial charge in [-0.2, -0.15) is 5.26 Å². The highest BCUT2D eigenvalue weighted by atomic mass is 79.9. The van der Waals surface area contributed by atoms with Gasteiger partial charge in [-0.25, -0.2) is 4.79 Å². The lowest BCUT2D eigenvalue weighted by molar-refractivity contribution is -0.112. The highest BCUT2D eigenvalue weighted by Gasteiger charge is 2.13. The van der Waals surface area contributed by atoms with Crippen molar-refractivity contribution in [2.45, 2.75) is 0 Å². The Morgan fingerprint density at radius 3 is 2.34 bits per heavy atom. The Labute approximate surface area is 184 Å². The van der Waals surface area contributed by atoms with Crippen molar-refractivity contribution in [2.75, 3.05) is 19.0 Å². The molecule has 8 heteroatoms. The molecule has 1 N–H and O–H groups in total. The van der Waals surface area contributed by atoms with Crippen LogP contribution in [0.15, 0.2) is 50.9 Å². The molecular formula is C21H14Br2N2O4. The number of rotatable bonds is 6. The van der Waals surface area contributed by atoms with Crippen LogP contribution in [0.5, 0.6) is 5.75 Å². The summed E-state index contributed by atoms with van der Waals surface area (Å²) < 4.78 is 11.3. The van der Waals surface area contributed by atoms with Gasteiger partial charge in [-0.05, 0) is 79.9 Å². The standard InChI is InChI=1S/C21H14Br2N2O4/c1-3-8-29-19-17(22)10-13(11-18(19)23)9-15(12-24)20(26)25-16-6-4-14(5-7-16)21(27)28-2/h1,4-7,9-11H,8H2,2H3,(H,25,26)/b15-9+. The van der Waals surface area contributed by atoms with E-state index in [0.717, 1.165) is 0 Å². The quantitative estimate of drug-likeness (QED) is 0.263. The minimum atomic E-state index is -0.585. The molecular weight excluding hydrogens is 504 g/mol. The Balaban J connectivity index is 2.21. The topological polar surface area (TPSA) is 88.4 Å². The average molecular weight is 518 g/mol. The van der Waals surface area contributed by atoms with Crippen LogP contribution < -0.4 is 10.1 Å². The van der Waals surface area contributed by atoms with Gasteiger partial charge in [-0.15, -0.1) is 6.42 Å². The number of hydrogen-bond acceptors (Lipinski definition) is 5. The molecule has 0 fully saturated rings. The van der Waals surface area contributed by atoms with Gasteiger partial charge in [0.15, 0.2) is 0 Å². The molecule has 2 aromatic carbocycles. The number of benzene rings is 2. The largest absolute Gasteiger partial charge is 0.479 e. The number of terminal acetylenes is 1. The Morgan fingerprint density at radius 1 is 1.21 bits per heavy atom. The first kappa shape index (κ1) is 22.2. The van der Waals surface area contributed by atoms with Gasteiger partial charge in [0.05, 0.1) is 21.6 Å². The first-order chi connectivity index (χ1) is 13.9. The normalized spacial score (nSPS) is 10.4. The number of carbonyl (C=O) groups is 2. The van der Waals surface area contributed by atoms with Crippen LogP contribution in [-0.4, -0.2) is 25.6 Å². The highest BCUT2D eigenvalue weighted by Crippen LogP contribution is 2.35. The summed E-state index contributed by atoms with van der Waals surface area (Å²) in [5.74, 6) is 1.84. The SMILES string of the molecule is C#CCOc1c(Br)cc(/C=C(\C#N)C(=O)Nc2ccc(C(=O)OC)cc2)cc1Br. The van der Waals surface area contributed by atoms with E-state index < -0.39 is 11.9 Å². The number of hydrogen-bond donors (Lipinski definition) is 1. The van der Waals surface area contributed by atoms with E-state index in [2.05, 4.69) is 47.8 Å². The van der Waals surface area contributed by atoms with Crippen molar-refractivity contribution in [3.05, 3.63) is 62.0 Å². The summed E-state index contributed by atoms with van der Waals surface area (Å²) in [5, 5.41) is 12.0. The monoisotopic (exact) mass is 516 g/mol. The van der Waals surface area contributed by atoms with Gasteiger partial charge in [0.2, 0.25) is 0 Å². The minimum Gasteiger partial charge on any atom is -0.479 e. The lowest BCUT2D eigenvalue weighted by Crippen LogP contribution is -2.13. The number of nitrogens with one attached hydrogen (secondary N) is 1. The fourth-order valence-corrected chi connectivity index (χ4v) is 3.69. The molecule has 0 aromatic heterocycles. The van der Waals surface area contributed by atoms with Crippen LogP contribution in [0.1, 0.15) is 15.9 Å². The molecule has 0 bridgehead atoms. The lowest BCUT2D eigenvalue weighted by Gasteiger charge is -2.09. The molecule has 6 nitrogen and oxygen atoms in total. The van der Waals surface area contributed by atoms with Crippen LogP contribution in [0.4, 0.5) is 5.69 Å². The summed E-state index contributed by atoms with van der Waals surface area (Å²) >= 11 is 6.76. The zero-order chi connectivity index (χ0) is 21.4. The number of nitriles is 1. The molecule has 0 radical (unpaired) electrons. The second-order valence-corrected chi connectivity index (χ2v) is 7.21. The Kier molecular flexibility index (Phi) is 8.02. The molecule has 0 spiro atoms. The Bertz CT molecular complexity index is 1020. The number of carbonyl (C=O) groups excluding carboxylic acids is 2. The molecule has 0 saturated heterocycles. The summed E-state index contributed by atoms with van der Waals surface area (Å²) in [7, 11) is 1.28. The van der Waals surface area contributed by atoms with Crippen LogP contribution in [0.2, 0.25) is 0 Å². The summed E-state index contributed by atoms with van der Waals surface area (Å²) in [6.45, 7) is 0.104. The van der Waals surface area contributed by atoms with Crippen molar-refractivity contribution in [1.29, 1.82) is 5.26 Å². The van der Waals surface area contributed by atoms with E-state index >= 15 is 0 Å². The third-order valence-electron chi connectivity index (χ3n) is 3.56. The van der Waals surface area contributed by atoms with Gasteiger partial charge in [-0.3, -0.25) is 4.79 Å². The van der Waals surface area contributed by atoms with Crippen LogP contribution in [-0.2, 0) is 9.53 Å².